The van der Waals surface area contributed by atoms with Crippen LogP contribution < -0.4 is 9.64 Å². The average molecular weight is 517 g/mol. The monoisotopic (exact) mass is 515 g/mol. The van der Waals surface area contributed by atoms with Gasteiger partial charge in [0.25, 0.3) is 11.7 Å². The van der Waals surface area contributed by atoms with Crippen LogP contribution in [0.2, 0.25) is 5.02 Å². The van der Waals surface area contributed by atoms with Crippen LogP contribution in [-0.4, -0.2) is 23.9 Å². The fourth-order valence-electron chi connectivity index (χ4n) is 3.85. The van der Waals surface area contributed by atoms with Crippen molar-refractivity contribution in [3.8, 4) is 5.75 Å². The maximum absolute atomic E-state index is 13.2. The summed E-state index contributed by atoms with van der Waals surface area (Å²) < 4.78 is 11.9. The zero-order chi connectivity index (χ0) is 23.2. The van der Waals surface area contributed by atoms with E-state index in [1.54, 1.807) is 56.3 Å². The number of furan rings is 1. The first-order valence-corrected chi connectivity index (χ1v) is 10.9. The lowest BCUT2D eigenvalue weighted by molar-refractivity contribution is -0.132. The molecule has 1 aliphatic heterocycles. The van der Waals surface area contributed by atoms with Crippen molar-refractivity contribution in [3.63, 3.8) is 0 Å². The van der Waals surface area contributed by atoms with Crippen molar-refractivity contribution in [1.29, 1.82) is 0 Å². The Hall–Kier alpha value is -3.03. The third-order valence-corrected chi connectivity index (χ3v) is 5.98. The average Bonchev–Trinajstić information content (AvgIpc) is 3.28. The van der Waals surface area contributed by atoms with E-state index in [2.05, 4.69) is 15.9 Å². The van der Waals surface area contributed by atoms with Crippen LogP contribution in [0, 0.1) is 13.8 Å². The van der Waals surface area contributed by atoms with Gasteiger partial charge in [-0.3, -0.25) is 14.5 Å². The molecule has 8 heteroatoms. The summed E-state index contributed by atoms with van der Waals surface area (Å²) in [5, 5.41) is 11.6. The van der Waals surface area contributed by atoms with Crippen LogP contribution in [-0.2, 0) is 9.59 Å². The molecule has 0 radical (unpaired) electrons. The number of aliphatic hydroxyl groups excluding tert-OH is 1. The molecule has 1 N–H and O–H groups in total. The number of anilines is 1. The minimum atomic E-state index is -0.970. The van der Waals surface area contributed by atoms with Crippen LogP contribution in [0.4, 0.5) is 5.69 Å². The van der Waals surface area contributed by atoms with Gasteiger partial charge in [-0.05, 0) is 61.9 Å². The molecule has 3 aromatic rings. The van der Waals surface area contributed by atoms with Gasteiger partial charge in [-0.2, -0.15) is 0 Å². The Morgan fingerprint density at radius 2 is 1.91 bits per heavy atom. The summed E-state index contributed by atoms with van der Waals surface area (Å²) in [6.07, 6.45) is 0. The summed E-state index contributed by atoms with van der Waals surface area (Å²) in [6.45, 7) is 3.56. The zero-order valence-electron chi connectivity index (χ0n) is 17.5. The maximum Gasteiger partial charge on any atom is 0.300 e. The second kappa shape index (κ2) is 8.48. The molecule has 1 aromatic heterocycles. The number of aryl methyl sites for hydroxylation is 2. The van der Waals surface area contributed by atoms with Crippen LogP contribution in [0.25, 0.3) is 5.76 Å². The van der Waals surface area contributed by atoms with E-state index in [0.29, 0.717) is 17.2 Å². The van der Waals surface area contributed by atoms with Crippen molar-refractivity contribution < 1.29 is 23.8 Å². The van der Waals surface area contributed by atoms with Crippen molar-refractivity contribution in [2.45, 2.75) is 19.9 Å². The normalized spacial score (nSPS) is 17.8. The number of methoxy groups -OCH3 is 1. The van der Waals surface area contributed by atoms with Crippen LogP contribution in [0.1, 0.15) is 28.7 Å². The van der Waals surface area contributed by atoms with E-state index in [9.17, 15) is 14.7 Å². The predicted octanol–water partition coefficient (Wildman–Crippen LogP) is 5.95. The van der Waals surface area contributed by atoms with Crippen molar-refractivity contribution in [2.24, 2.45) is 0 Å². The molecule has 4 rings (SSSR count). The number of halogens is 2. The summed E-state index contributed by atoms with van der Waals surface area (Å²) in [7, 11) is 1.42. The zero-order valence-corrected chi connectivity index (χ0v) is 19.8. The number of benzene rings is 2. The second-order valence-corrected chi connectivity index (χ2v) is 8.75. The van der Waals surface area contributed by atoms with Gasteiger partial charge in [0.15, 0.2) is 0 Å². The van der Waals surface area contributed by atoms with Crippen molar-refractivity contribution in [1.82, 2.24) is 0 Å². The highest BCUT2D eigenvalue weighted by Gasteiger charge is 2.48. The number of amides is 1. The number of hydrogen-bond acceptors (Lipinski definition) is 5. The Bertz CT molecular complexity index is 1280. The van der Waals surface area contributed by atoms with E-state index >= 15 is 0 Å². The summed E-state index contributed by atoms with van der Waals surface area (Å²) in [5.41, 5.74) is 1.35. The molecule has 0 spiro atoms. The number of ketones is 1. The first-order valence-electron chi connectivity index (χ1n) is 9.70. The Morgan fingerprint density at radius 3 is 2.53 bits per heavy atom. The number of aliphatic hydroxyl groups is 1. The number of carbonyl (C=O) groups is 2. The van der Waals surface area contributed by atoms with Gasteiger partial charge < -0.3 is 14.3 Å². The molecule has 32 heavy (non-hydrogen) atoms. The third kappa shape index (κ3) is 3.72. The van der Waals surface area contributed by atoms with Gasteiger partial charge in [0.05, 0.1) is 23.3 Å². The van der Waals surface area contributed by atoms with E-state index in [1.807, 2.05) is 6.07 Å². The maximum atomic E-state index is 13.2. The lowest BCUT2D eigenvalue weighted by Crippen LogP contribution is -2.29. The Balaban J connectivity index is 2.00. The molecule has 0 bridgehead atoms. The SMILES string of the molecule is COc1c(Cl)cc(C)cc1/C(O)=C1\C(=O)C(=O)N(c2cccc(Br)c2)C1c1ccc(C)o1. The molecular weight excluding hydrogens is 498 g/mol. The smallest absolute Gasteiger partial charge is 0.300 e. The van der Waals surface area contributed by atoms with Crippen molar-refractivity contribution in [2.75, 3.05) is 12.0 Å². The highest BCUT2D eigenvalue weighted by atomic mass is 79.9. The molecule has 1 amide bonds. The van der Waals surface area contributed by atoms with Gasteiger partial charge >= 0.3 is 0 Å². The van der Waals surface area contributed by atoms with Gasteiger partial charge in [0.2, 0.25) is 0 Å². The predicted molar refractivity (Wildman–Crippen MR) is 125 cm³/mol. The molecule has 1 saturated heterocycles. The largest absolute Gasteiger partial charge is 0.507 e. The number of nitrogens with zero attached hydrogens (tertiary/aromatic N) is 1. The van der Waals surface area contributed by atoms with E-state index in [0.717, 1.165) is 10.0 Å². The number of Topliss-reactive ketones (excluding diaryl/α,β-unsaturated/α-hetero) is 1. The molecule has 6 nitrogen and oxygen atoms in total. The molecule has 0 saturated carbocycles. The number of hydrogen-bond donors (Lipinski definition) is 1. The fourth-order valence-corrected chi connectivity index (χ4v) is 4.59. The molecule has 2 aromatic carbocycles. The number of carbonyl (C=O) groups excluding carboxylic acids is 2. The first kappa shape index (κ1) is 22.2. The third-order valence-electron chi connectivity index (χ3n) is 5.21. The van der Waals surface area contributed by atoms with Gasteiger partial charge in [-0.25, -0.2) is 0 Å². The van der Waals surface area contributed by atoms with Crippen LogP contribution in [0.15, 0.2) is 63.0 Å². The van der Waals surface area contributed by atoms with Gasteiger partial charge in [0.1, 0.15) is 29.1 Å². The van der Waals surface area contributed by atoms with Crippen LogP contribution >= 0.6 is 27.5 Å². The van der Waals surface area contributed by atoms with Crippen molar-refractivity contribution >= 4 is 50.7 Å². The highest BCUT2D eigenvalue weighted by Crippen LogP contribution is 2.45. The van der Waals surface area contributed by atoms with Gasteiger partial charge in [0, 0.05) is 10.2 Å². The molecule has 1 fully saturated rings. The lowest BCUT2D eigenvalue weighted by Gasteiger charge is -2.24. The van der Waals surface area contributed by atoms with E-state index in [-0.39, 0.29) is 27.7 Å². The summed E-state index contributed by atoms with van der Waals surface area (Å²) >= 11 is 9.71. The summed E-state index contributed by atoms with van der Waals surface area (Å²) in [6, 6.07) is 12.8. The molecule has 1 atom stereocenters. The first-order chi connectivity index (χ1) is 15.2. The summed E-state index contributed by atoms with van der Waals surface area (Å²) in [5.74, 6) is -0.834. The quantitative estimate of drug-likeness (QED) is 0.263. The Morgan fingerprint density at radius 1 is 1.16 bits per heavy atom. The molecule has 0 aliphatic carbocycles. The van der Waals surface area contributed by atoms with E-state index in [4.69, 9.17) is 20.8 Å². The molecule has 1 unspecified atom stereocenters. The minimum Gasteiger partial charge on any atom is -0.507 e. The van der Waals surface area contributed by atoms with Crippen LogP contribution in [0.5, 0.6) is 5.75 Å². The Kier molecular flexibility index (Phi) is 5.88. The standard InChI is InChI=1S/C24H19BrClNO5/c1-12-9-16(23(31-3)17(26)10-12)21(28)19-20(18-8-7-13(2)32-18)27(24(30)22(19)29)15-6-4-5-14(25)11-15/h4-11,20,28H,1-3H3/b21-19+. The van der Waals surface area contributed by atoms with E-state index in [1.165, 1.54) is 12.0 Å². The lowest BCUT2D eigenvalue weighted by atomic mass is 9.97. The topological polar surface area (TPSA) is 80.0 Å². The van der Waals surface area contributed by atoms with Crippen LogP contribution in [0.3, 0.4) is 0 Å². The Labute approximate surface area is 198 Å². The number of ether oxygens (including phenoxy) is 1. The molecule has 164 valence electrons. The number of rotatable bonds is 4. The van der Waals surface area contributed by atoms with Crippen molar-refractivity contribution in [3.05, 3.63) is 86.2 Å². The highest BCUT2D eigenvalue weighted by molar-refractivity contribution is 9.10. The molecule has 2 heterocycles. The molecular formula is C24H19BrClNO5. The van der Waals surface area contributed by atoms with Gasteiger partial charge in [-0.15, -0.1) is 0 Å². The second-order valence-electron chi connectivity index (χ2n) is 7.42. The summed E-state index contributed by atoms with van der Waals surface area (Å²) in [4.78, 5) is 27.7. The fraction of sp³-hybridized carbons (Fsp3) is 0.167. The van der Waals surface area contributed by atoms with E-state index < -0.39 is 17.7 Å². The van der Waals surface area contributed by atoms with Gasteiger partial charge in [-0.1, -0.05) is 33.6 Å². The molecule has 1 aliphatic rings. The minimum absolute atomic E-state index is 0.107.